The highest BCUT2D eigenvalue weighted by Crippen LogP contribution is 2.35. The van der Waals surface area contributed by atoms with Gasteiger partial charge >= 0.3 is 5.82 Å². The molecule has 0 bridgehead atoms. The van der Waals surface area contributed by atoms with E-state index in [2.05, 4.69) is 15.3 Å². The van der Waals surface area contributed by atoms with Crippen molar-refractivity contribution in [3.63, 3.8) is 0 Å². The Balaban J connectivity index is 1.17. The van der Waals surface area contributed by atoms with Crippen LogP contribution in [-0.4, -0.2) is 72.9 Å². The van der Waals surface area contributed by atoms with Gasteiger partial charge in [0.2, 0.25) is 5.91 Å². The molecule has 5 rings (SSSR count). The average molecular weight is 521 g/mol. The predicted octanol–water partition coefficient (Wildman–Crippen LogP) is 3.48. The zero-order valence-corrected chi connectivity index (χ0v) is 21.7. The molecule has 1 fully saturated rings. The molecule has 1 saturated heterocycles. The number of rotatable bonds is 10. The van der Waals surface area contributed by atoms with Crippen LogP contribution in [0.2, 0.25) is 0 Å². The van der Waals surface area contributed by atoms with Crippen molar-refractivity contribution in [2.24, 2.45) is 4.99 Å². The van der Waals surface area contributed by atoms with Crippen LogP contribution in [0.3, 0.4) is 0 Å². The second kappa shape index (κ2) is 11.3. The van der Waals surface area contributed by atoms with Gasteiger partial charge in [0.1, 0.15) is 24.4 Å². The van der Waals surface area contributed by atoms with Crippen LogP contribution in [0.4, 0.5) is 17.2 Å². The fraction of sp³-hybridized carbons (Fsp3) is 0.444. The molecule has 1 aromatic carbocycles. The summed E-state index contributed by atoms with van der Waals surface area (Å²) < 4.78 is 11.4. The second-order valence-corrected chi connectivity index (χ2v) is 9.87. The number of nitrogens with zero attached hydrogens (tertiary/aromatic N) is 5. The van der Waals surface area contributed by atoms with Gasteiger partial charge in [-0.05, 0) is 55.5 Å². The number of hydrogen-bond donors (Lipinski definition) is 1. The first-order valence-corrected chi connectivity index (χ1v) is 12.9. The van der Waals surface area contributed by atoms with Crippen molar-refractivity contribution in [3.8, 4) is 5.75 Å². The van der Waals surface area contributed by atoms with Crippen LogP contribution < -0.4 is 15.0 Å². The maximum absolute atomic E-state index is 12.7. The Morgan fingerprint density at radius 2 is 2.11 bits per heavy atom. The van der Waals surface area contributed by atoms with Crippen molar-refractivity contribution in [3.05, 3.63) is 63.1 Å². The Hall–Kier alpha value is -3.83. The van der Waals surface area contributed by atoms with E-state index >= 15 is 0 Å². The molecule has 38 heavy (non-hydrogen) atoms. The van der Waals surface area contributed by atoms with E-state index in [9.17, 15) is 14.9 Å². The number of ether oxygens (including phenoxy) is 2. The van der Waals surface area contributed by atoms with Crippen LogP contribution in [0.25, 0.3) is 0 Å². The molecule has 2 aromatic rings. The molecule has 1 aromatic heterocycles. The lowest BCUT2D eigenvalue weighted by Crippen LogP contribution is -2.41. The lowest BCUT2D eigenvalue weighted by molar-refractivity contribution is -0.426. The summed E-state index contributed by atoms with van der Waals surface area (Å²) in [5.74, 6) is 1.51. The summed E-state index contributed by atoms with van der Waals surface area (Å²) in [6.45, 7) is 4.91. The number of anilines is 3. The SMILES string of the molecule is Cc1cc(OCCN(C)CC2=C([N+](=O)[O-])N=CC2)ccc1Nc1cc2c(cn1)CC(=O)N2C1CCOCC1. The number of carbonyl (C=O) groups is 1. The van der Waals surface area contributed by atoms with Crippen LogP contribution in [0.1, 0.15) is 30.4 Å². The summed E-state index contributed by atoms with van der Waals surface area (Å²) in [5.41, 5.74) is 4.52. The highest BCUT2D eigenvalue weighted by atomic mass is 16.6. The Morgan fingerprint density at radius 1 is 1.29 bits per heavy atom. The standard InChI is InChI=1S/C27H32N6O5/c1-18-13-22(38-12-9-31(2)17-19-5-8-28-27(19)33(35)36)3-4-23(18)30-25-15-24-20(16-29-25)14-26(34)32(24)21-6-10-37-11-7-21/h3-4,8,13,15-16,21H,5-7,9-12,14,17H2,1-2H3,(H,29,30). The van der Waals surface area contributed by atoms with Crippen molar-refractivity contribution in [2.75, 3.05) is 50.2 Å². The largest absolute Gasteiger partial charge is 0.492 e. The molecule has 0 unspecified atom stereocenters. The van der Waals surface area contributed by atoms with E-state index in [4.69, 9.17) is 9.47 Å². The molecule has 11 heteroatoms. The summed E-state index contributed by atoms with van der Waals surface area (Å²) in [5, 5.41) is 14.5. The highest BCUT2D eigenvalue weighted by Gasteiger charge is 2.34. The quantitative estimate of drug-likeness (QED) is 0.373. The summed E-state index contributed by atoms with van der Waals surface area (Å²) in [7, 11) is 1.91. The van der Waals surface area contributed by atoms with Gasteiger partial charge in [-0.3, -0.25) is 9.69 Å². The molecule has 0 radical (unpaired) electrons. The minimum atomic E-state index is -0.429. The number of pyridine rings is 1. The van der Waals surface area contributed by atoms with Crippen LogP contribution >= 0.6 is 0 Å². The number of benzene rings is 1. The molecule has 0 spiro atoms. The van der Waals surface area contributed by atoms with Crippen LogP contribution in [0.5, 0.6) is 5.75 Å². The van der Waals surface area contributed by atoms with Crippen LogP contribution in [0, 0.1) is 17.0 Å². The van der Waals surface area contributed by atoms with Crippen molar-refractivity contribution in [1.29, 1.82) is 0 Å². The summed E-state index contributed by atoms with van der Waals surface area (Å²) >= 11 is 0. The molecule has 3 aliphatic heterocycles. The molecule has 11 nitrogen and oxygen atoms in total. The number of hydrogen-bond acceptors (Lipinski definition) is 9. The lowest BCUT2D eigenvalue weighted by atomic mass is 10.1. The number of aromatic nitrogens is 1. The van der Waals surface area contributed by atoms with Crippen molar-refractivity contribution in [2.45, 2.75) is 38.6 Å². The third kappa shape index (κ3) is 5.68. The molecule has 200 valence electrons. The number of fused-ring (bicyclic) bond motifs is 1. The van der Waals surface area contributed by atoms with Gasteiger partial charge in [-0.1, -0.05) is 4.99 Å². The number of nitrogens with one attached hydrogen (secondary N) is 1. The number of amides is 1. The monoisotopic (exact) mass is 520 g/mol. The molecule has 3 aliphatic rings. The maximum atomic E-state index is 12.7. The van der Waals surface area contributed by atoms with E-state index < -0.39 is 4.92 Å². The molecule has 0 atom stereocenters. The van der Waals surface area contributed by atoms with Crippen molar-refractivity contribution >= 4 is 29.3 Å². The van der Waals surface area contributed by atoms with Gasteiger partial charge in [0.05, 0.1) is 12.1 Å². The first kappa shape index (κ1) is 25.8. The number of carbonyl (C=O) groups excluding carboxylic acids is 1. The highest BCUT2D eigenvalue weighted by molar-refractivity contribution is 6.02. The molecule has 1 N–H and O–H groups in total. The van der Waals surface area contributed by atoms with Gasteiger partial charge in [-0.25, -0.2) is 4.98 Å². The lowest BCUT2D eigenvalue weighted by Gasteiger charge is -2.31. The van der Waals surface area contributed by atoms with Crippen LogP contribution in [0.15, 0.2) is 46.8 Å². The van der Waals surface area contributed by atoms with Gasteiger partial charge in [0, 0.05) is 67.9 Å². The Bertz CT molecular complexity index is 1290. The van der Waals surface area contributed by atoms with E-state index in [-0.39, 0.29) is 17.8 Å². The third-order valence-corrected chi connectivity index (χ3v) is 7.09. The molecule has 0 aliphatic carbocycles. The molecular formula is C27H32N6O5. The smallest absolute Gasteiger partial charge is 0.363 e. The van der Waals surface area contributed by atoms with Gasteiger partial charge in [0.25, 0.3) is 0 Å². The third-order valence-electron chi connectivity index (χ3n) is 7.09. The summed E-state index contributed by atoms with van der Waals surface area (Å²) in [6, 6.07) is 7.95. The summed E-state index contributed by atoms with van der Waals surface area (Å²) in [6.07, 6.45) is 5.97. The minimum absolute atomic E-state index is 0.0442. The zero-order chi connectivity index (χ0) is 26.6. The van der Waals surface area contributed by atoms with Gasteiger partial charge in [-0.2, -0.15) is 0 Å². The molecular weight excluding hydrogens is 488 g/mol. The predicted molar refractivity (Wildman–Crippen MR) is 144 cm³/mol. The Morgan fingerprint density at radius 3 is 2.87 bits per heavy atom. The summed E-state index contributed by atoms with van der Waals surface area (Å²) in [4.78, 5) is 35.7. The Labute approximate surface area is 221 Å². The number of aliphatic imine (C=N–C) groups is 1. The molecule has 1 amide bonds. The van der Waals surface area contributed by atoms with E-state index in [0.717, 1.165) is 41.1 Å². The fourth-order valence-electron chi connectivity index (χ4n) is 5.09. The Kier molecular flexibility index (Phi) is 7.66. The minimum Gasteiger partial charge on any atom is -0.492 e. The van der Waals surface area contributed by atoms with Gasteiger partial charge in [0.15, 0.2) is 0 Å². The first-order chi connectivity index (χ1) is 18.4. The normalized spacial score (nSPS) is 17.4. The average Bonchev–Trinajstić information content (AvgIpc) is 3.49. The number of aryl methyl sites for hydroxylation is 1. The maximum Gasteiger partial charge on any atom is 0.363 e. The topological polar surface area (TPSA) is 122 Å². The van der Waals surface area contributed by atoms with Crippen LogP contribution in [-0.2, 0) is 16.0 Å². The van der Waals surface area contributed by atoms with E-state index in [1.54, 1.807) is 12.4 Å². The van der Waals surface area contributed by atoms with E-state index in [1.165, 1.54) is 0 Å². The van der Waals surface area contributed by atoms with E-state index in [0.29, 0.717) is 57.1 Å². The zero-order valence-electron chi connectivity index (χ0n) is 21.7. The second-order valence-electron chi connectivity index (χ2n) is 9.87. The van der Waals surface area contributed by atoms with Gasteiger partial charge < -0.3 is 29.8 Å². The molecule has 4 heterocycles. The first-order valence-electron chi connectivity index (χ1n) is 12.9. The fourth-order valence-corrected chi connectivity index (χ4v) is 5.09. The van der Waals surface area contributed by atoms with Crippen molar-refractivity contribution < 1.29 is 19.2 Å². The van der Waals surface area contributed by atoms with Crippen molar-refractivity contribution in [1.82, 2.24) is 9.88 Å². The van der Waals surface area contributed by atoms with E-state index in [1.807, 2.05) is 48.0 Å². The number of nitro groups is 1. The van der Waals surface area contributed by atoms with Gasteiger partial charge in [-0.15, -0.1) is 0 Å². The molecule has 0 saturated carbocycles. The number of likely N-dealkylation sites (N-methyl/N-ethyl adjacent to an activating group) is 1.